The summed E-state index contributed by atoms with van der Waals surface area (Å²) in [4.78, 5) is 0. The van der Waals surface area contributed by atoms with Gasteiger partial charge in [-0.15, -0.1) is 0 Å². The number of ether oxygens (including phenoxy) is 3. The summed E-state index contributed by atoms with van der Waals surface area (Å²) in [5.74, 6) is 1.38. The lowest BCUT2D eigenvalue weighted by Gasteiger charge is -2.29. The van der Waals surface area contributed by atoms with Gasteiger partial charge in [0, 0.05) is 18.3 Å². The topological polar surface area (TPSA) is 47.9 Å². The van der Waals surface area contributed by atoms with Gasteiger partial charge in [0.25, 0.3) is 0 Å². The van der Waals surface area contributed by atoms with Crippen LogP contribution in [0.3, 0.4) is 0 Å². The number of thiol groups is 1. The maximum absolute atomic E-state index is 9.94. The highest BCUT2D eigenvalue weighted by Crippen LogP contribution is 2.39. The Morgan fingerprint density at radius 3 is 1.67 bits per heavy atom. The first-order chi connectivity index (χ1) is 11.6. The molecule has 2 aromatic rings. The van der Waals surface area contributed by atoms with Crippen LogP contribution in [0.15, 0.2) is 48.5 Å². The van der Waals surface area contributed by atoms with Gasteiger partial charge >= 0.3 is 0 Å². The number of benzene rings is 2. The summed E-state index contributed by atoms with van der Waals surface area (Å²) >= 11 is 4.73. The molecule has 0 aliphatic heterocycles. The molecule has 0 saturated carbocycles. The third kappa shape index (κ3) is 4.23. The second-order valence-corrected chi connectivity index (χ2v) is 6.05. The molecule has 0 aliphatic carbocycles. The van der Waals surface area contributed by atoms with E-state index in [1.807, 2.05) is 48.5 Å². The molecule has 130 valence electrons. The molecule has 0 aliphatic rings. The minimum Gasteiger partial charge on any atom is -0.497 e. The van der Waals surface area contributed by atoms with Gasteiger partial charge in [-0.2, -0.15) is 12.6 Å². The third-order valence-corrected chi connectivity index (χ3v) is 4.84. The van der Waals surface area contributed by atoms with Gasteiger partial charge in [0.1, 0.15) is 11.5 Å². The van der Waals surface area contributed by atoms with Crippen molar-refractivity contribution < 1.29 is 19.3 Å². The van der Waals surface area contributed by atoms with E-state index in [0.717, 1.165) is 22.6 Å². The molecule has 0 fully saturated rings. The Morgan fingerprint density at radius 1 is 0.833 bits per heavy atom. The smallest absolute Gasteiger partial charge is 0.118 e. The van der Waals surface area contributed by atoms with Crippen molar-refractivity contribution in [2.24, 2.45) is 5.92 Å². The van der Waals surface area contributed by atoms with Crippen molar-refractivity contribution in [2.75, 3.05) is 27.9 Å². The summed E-state index contributed by atoms with van der Waals surface area (Å²) in [6.07, 6.45) is -0.273. The fraction of sp³-hybridized carbons (Fsp3) is 0.368. The highest BCUT2D eigenvalue weighted by Gasteiger charge is 2.29. The minimum atomic E-state index is -0.273. The van der Waals surface area contributed by atoms with Crippen molar-refractivity contribution in [1.82, 2.24) is 0 Å². The van der Waals surface area contributed by atoms with E-state index in [2.05, 4.69) is 0 Å². The van der Waals surface area contributed by atoms with Crippen LogP contribution in [0, 0.1) is 5.92 Å². The molecule has 2 rings (SSSR count). The van der Waals surface area contributed by atoms with Crippen LogP contribution in [0.25, 0.3) is 0 Å². The second kappa shape index (κ2) is 8.97. The predicted molar refractivity (Wildman–Crippen MR) is 98.0 cm³/mol. The van der Waals surface area contributed by atoms with Crippen molar-refractivity contribution in [2.45, 2.75) is 11.4 Å². The maximum atomic E-state index is 9.94. The maximum Gasteiger partial charge on any atom is 0.118 e. The standard InChI is InChI=1S/C19H24O4S/c1-21-15-8-4-13(5-9-15)18(23-3)17(12-20)19(24)14-6-10-16(22-2)11-7-14/h4-11,17-20,24H,12H2,1-3H3/t17-,18+,19-/m1/s1. The molecule has 4 nitrogen and oxygen atoms in total. The lowest BCUT2D eigenvalue weighted by molar-refractivity contribution is 0.0239. The number of aliphatic hydroxyl groups excluding tert-OH is 1. The molecule has 3 atom stereocenters. The summed E-state index contributed by atoms with van der Waals surface area (Å²) in [6.45, 7) is -0.0370. The molecule has 0 heterocycles. The van der Waals surface area contributed by atoms with Gasteiger partial charge in [0.2, 0.25) is 0 Å². The second-order valence-electron chi connectivity index (χ2n) is 5.49. The largest absolute Gasteiger partial charge is 0.497 e. The number of hydrogen-bond donors (Lipinski definition) is 2. The minimum absolute atomic E-state index is 0.0370. The first-order valence-corrected chi connectivity index (χ1v) is 8.25. The molecular formula is C19H24O4S. The van der Waals surface area contributed by atoms with E-state index < -0.39 is 0 Å². The third-order valence-electron chi connectivity index (χ3n) is 4.16. The van der Waals surface area contributed by atoms with E-state index in [-0.39, 0.29) is 23.9 Å². The van der Waals surface area contributed by atoms with E-state index in [9.17, 15) is 5.11 Å². The Balaban J connectivity index is 2.24. The van der Waals surface area contributed by atoms with Gasteiger partial charge < -0.3 is 19.3 Å². The molecule has 0 spiro atoms. The lowest BCUT2D eigenvalue weighted by atomic mass is 9.89. The molecule has 1 N–H and O–H groups in total. The summed E-state index contributed by atoms with van der Waals surface area (Å²) in [5.41, 5.74) is 1.98. The van der Waals surface area contributed by atoms with Crippen molar-refractivity contribution in [1.29, 1.82) is 0 Å². The van der Waals surface area contributed by atoms with Gasteiger partial charge in [-0.05, 0) is 35.4 Å². The van der Waals surface area contributed by atoms with Crippen LogP contribution in [-0.2, 0) is 4.74 Å². The summed E-state index contributed by atoms with van der Waals surface area (Å²) in [5, 5.41) is 9.77. The zero-order chi connectivity index (χ0) is 17.5. The van der Waals surface area contributed by atoms with Crippen LogP contribution in [-0.4, -0.2) is 33.0 Å². The van der Waals surface area contributed by atoms with Gasteiger partial charge in [-0.3, -0.25) is 0 Å². The van der Waals surface area contributed by atoms with Crippen LogP contribution in [0.5, 0.6) is 11.5 Å². The zero-order valence-corrected chi connectivity index (χ0v) is 15.1. The van der Waals surface area contributed by atoms with Crippen LogP contribution in [0.2, 0.25) is 0 Å². The van der Waals surface area contributed by atoms with Crippen molar-refractivity contribution in [3.05, 3.63) is 59.7 Å². The first-order valence-electron chi connectivity index (χ1n) is 7.74. The summed E-state index contributed by atoms with van der Waals surface area (Å²) in [7, 11) is 4.91. The molecule has 0 saturated heterocycles. The fourth-order valence-electron chi connectivity index (χ4n) is 2.76. The Hall–Kier alpha value is -1.69. The first kappa shape index (κ1) is 18.6. The van der Waals surface area contributed by atoms with Crippen LogP contribution in [0.1, 0.15) is 22.5 Å². The molecular weight excluding hydrogens is 324 g/mol. The Morgan fingerprint density at radius 2 is 1.29 bits per heavy atom. The van der Waals surface area contributed by atoms with Crippen LogP contribution in [0.4, 0.5) is 0 Å². The van der Waals surface area contributed by atoms with Gasteiger partial charge in [0.15, 0.2) is 0 Å². The van der Waals surface area contributed by atoms with E-state index in [1.165, 1.54) is 0 Å². The number of hydrogen-bond acceptors (Lipinski definition) is 5. The Kier molecular flexibility index (Phi) is 6.97. The van der Waals surface area contributed by atoms with E-state index in [4.69, 9.17) is 26.8 Å². The number of rotatable bonds is 8. The summed E-state index contributed by atoms with van der Waals surface area (Å²) in [6, 6.07) is 15.4. The molecule has 0 bridgehead atoms. The molecule has 0 aromatic heterocycles. The predicted octanol–water partition coefficient (Wildman–Crippen LogP) is 3.67. The average molecular weight is 348 g/mol. The van der Waals surface area contributed by atoms with E-state index in [0.29, 0.717) is 0 Å². The van der Waals surface area contributed by atoms with Crippen LogP contribution >= 0.6 is 12.6 Å². The molecule has 0 radical (unpaired) electrons. The average Bonchev–Trinajstić information content (AvgIpc) is 2.65. The van der Waals surface area contributed by atoms with Crippen molar-refractivity contribution in [3.63, 3.8) is 0 Å². The van der Waals surface area contributed by atoms with E-state index >= 15 is 0 Å². The monoisotopic (exact) mass is 348 g/mol. The van der Waals surface area contributed by atoms with Gasteiger partial charge in [-0.1, -0.05) is 24.3 Å². The molecule has 5 heteroatoms. The SMILES string of the molecule is COc1ccc([C@@H](S)[C@H](CO)[C@@H](OC)c2ccc(OC)cc2)cc1. The zero-order valence-electron chi connectivity index (χ0n) is 14.2. The number of aliphatic hydroxyl groups is 1. The van der Waals surface area contributed by atoms with Gasteiger partial charge in [-0.25, -0.2) is 0 Å². The fourth-order valence-corrected chi connectivity index (χ4v) is 3.18. The number of methoxy groups -OCH3 is 3. The molecule has 0 amide bonds. The normalized spacial score (nSPS) is 14.7. The van der Waals surface area contributed by atoms with Crippen molar-refractivity contribution in [3.8, 4) is 11.5 Å². The summed E-state index contributed by atoms with van der Waals surface area (Å²) < 4.78 is 16.1. The molecule has 24 heavy (non-hydrogen) atoms. The van der Waals surface area contributed by atoms with E-state index in [1.54, 1.807) is 21.3 Å². The Labute approximate surface area is 148 Å². The lowest BCUT2D eigenvalue weighted by Crippen LogP contribution is -2.23. The quantitative estimate of drug-likeness (QED) is 0.715. The highest BCUT2D eigenvalue weighted by atomic mass is 32.1. The van der Waals surface area contributed by atoms with Crippen LogP contribution < -0.4 is 9.47 Å². The molecule has 0 unspecified atom stereocenters. The Bertz CT molecular complexity index is 612. The van der Waals surface area contributed by atoms with Crippen molar-refractivity contribution >= 4 is 12.6 Å². The highest BCUT2D eigenvalue weighted by molar-refractivity contribution is 7.80. The molecule has 2 aromatic carbocycles. The van der Waals surface area contributed by atoms with Gasteiger partial charge in [0.05, 0.1) is 26.9 Å².